The molecule has 2 heterocycles. The maximum atomic E-state index is 12.4. The Hall–Kier alpha value is -2.96. The van der Waals surface area contributed by atoms with E-state index >= 15 is 0 Å². The predicted molar refractivity (Wildman–Crippen MR) is 110 cm³/mol. The van der Waals surface area contributed by atoms with Crippen molar-refractivity contribution in [2.24, 2.45) is 0 Å². The molecule has 7 heteroatoms. The van der Waals surface area contributed by atoms with Crippen molar-refractivity contribution < 1.29 is 9.59 Å². The fourth-order valence-electron chi connectivity index (χ4n) is 2.75. The van der Waals surface area contributed by atoms with E-state index in [1.54, 1.807) is 6.20 Å². The van der Waals surface area contributed by atoms with E-state index < -0.39 is 0 Å². The van der Waals surface area contributed by atoms with Gasteiger partial charge in [-0.3, -0.25) is 14.6 Å². The highest BCUT2D eigenvalue weighted by molar-refractivity contribution is 7.21. The van der Waals surface area contributed by atoms with Gasteiger partial charge in [-0.1, -0.05) is 48.0 Å². The van der Waals surface area contributed by atoms with Crippen LogP contribution in [0.1, 0.15) is 9.67 Å². The Morgan fingerprint density at radius 1 is 1.07 bits per heavy atom. The molecule has 0 spiro atoms. The molecule has 0 bridgehead atoms. The second-order valence-electron chi connectivity index (χ2n) is 5.89. The van der Waals surface area contributed by atoms with Crippen LogP contribution in [-0.2, 0) is 4.79 Å². The number of carbonyl (C=O) groups is 2. The third kappa shape index (κ3) is 3.63. The quantitative estimate of drug-likeness (QED) is 0.535. The Balaban J connectivity index is 1.42. The fourth-order valence-corrected chi connectivity index (χ4v) is 4.18. The molecule has 0 fully saturated rings. The van der Waals surface area contributed by atoms with Crippen molar-refractivity contribution in [3.8, 4) is 0 Å². The second-order valence-corrected chi connectivity index (χ2v) is 7.32. The van der Waals surface area contributed by atoms with E-state index in [4.69, 9.17) is 11.6 Å². The number of anilines is 1. The van der Waals surface area contributed by atoms with Crippen LogP contribution in [0.4, 0.5) is 5.69 Å². The van der Waals surface area contributed by atoms with Gasteiger partial charge < -0.3 is 10.6 Å². The molecule has 0 aliphatic rings. The van der Waals surface area contributed by atoms with Gasteiger partial charge in [-0.05, 0) is 18.2 Å². The Labute approximate surface area is 164 Å². The molecule has 0 aliphatic heterocycles. The third-order valence-electron chi connectivity index (χ3n) is 4.02. The standard InChI is InChI=1S/C20H14ClN3O2S/c21-18-14-6-2-4-8-16(14)27-19(18)20(26)23-11-17(25)24-13-9-12-5-1-3-7-15(12)22-10-13/h1-10H,11H2,(H,23,26)(H,24,25). The highest BCUT2D eigenvalue weighted by Gasteiger charge is 2.17. The summed E-state index contributed by atoms with van der Waals surface area (Å²) in [7, 11) is 0. The molecule has 2 N–H and O–H groups in total. The Bertz CT molecular complexity index is 1170. The van der Waals surface area contributed by atoms with E-state index in [0.717, 1.165) is 21.0 Å². The average molecular weight is 396 g/mol. The summed E-state index contributed by atoms with van der Waals surface area (Å²) in [5.41, 5.74) is 1.43. The number of nitrogens with zero attached hydrogens (tertiary/aromatic N) is 1. The molecule has 0 radical (unpaired) electrons. The SMILES string of the molecule is O=C(CNC(=O)c1sc2ccccc2c1Cl)Nc1cnc2ccccc2c1. The smallest absolute Gasteiger partial charge is 0.263 e. The van der Waals surface area contributed by atoms with Crippen LogP contribution in [0.15, 0.2) is 60.8 Å². The van der Waals surface area contributed by atoms with Crippen LogP contribution in [0.5, 0.6) is 0 Å². The van der Waals surface area contributed by atoms with Crippen LogP contribution in [0.3, 0.4) is 0 Å². The minimum absolute atomic E-state index is 0.157. The van der Waals surface area contributed by atoms with Crippen LogP contribution in [-0.4, -0.2) is 23.3 Å². The lowest BCUT2D eigenvalue weighted by Gasteiger charge is -2.07. The first kappa shape index (κ1) is 17.5. The lowest BCUT2D eigenvalue weighted by Crippen LogP contribution is -2.32. The number of amides is 2. The topological polar surface area (TPSA) is 71.1 Å². The molecule has 2 aromatic heterocycles. The number of nitrogens with one attached hydrogen (secondary N) is 2. The van der Waals surface area contributed by atoms with E-state index in [0.29, 0.717) is 15.6 Å². The van der Waals surface area contributed by atoms with Crippen molar-refractivity contribution >= 4 is 61.4 Å². The van der Waals surface area contributed by atoms with Crippen LogP contribution in [0.25, 0.3) is 21.0 Å². The highest BCUT2D eigenvalue weighted by Crippen LogP contribution is 2.34. The number of halogens is 1. The molecule has 0 saturated carbocycles. The summed E-state index contributed by atoms with van der Waals surface area (Å²) >= 11 is 7.60. The number of fused-ring (bicyclic) bond motifs is 2. The van der Waals surface area contributed by atoms with Gasteiger partial charge in [-0.2, -0.15) is 0 Å². The number of benzene rings is 2. The Kier molecular flexibility index (Phi) is 4.75. The molecule has 4 aromatic rings. The first-order valence-corrected chi connectivity index (χ1v) is 9.41. The number of pyridine rings is 1. The first-order valence-electron chi connectivity index (χ1n) is 8.22. The van der Waals surface area contributed by atoms with Crippen molar-refractivity contribution in [1.29, 1.82) is 0 Å². The summed E-state index contributed by atoms with van der Waals surface area (Å²) in [5.74, 6) is -0.703. The van der Waals surface area contributed by atoms with Crippen LogP contribution >= 0.6 is 22.9 Å². The molecule has 0 unspecified atom stereocenters. The number of para-hydroxylation sites is 1. The van der Waals surface area contributed by atoms with Crippen molar-refractivity contribution in [3.63, 3.8) is 0 Å². The van der Waals surface area contributed by atoms with E-state index in [1.807, 2.05) is 54.6 Å². The van der Waals surface area contributed by atoms with E-state index in [1.165, 1.54) is 11.3 Å². The van der Waals surface area contributed by atoms with Crippen molar-refractivity contribution in [2.45, 2.75) is 0 Å². The molecule has 5 nitrogen and oxygen atoms in total. The summed E-state index contributed by atoms with van der Waals surface area (Å²) in [4.78, 5) is 29.2. The summed E-state index contributed by atoms with van der Waals surface area (Å²) in [5, 5.41) is 7.52. The first-order chi connectivity index (χ1) is 13.1. The lowest BCUT2D eigenvalue weighted by molar-refractivity contribution is -0.115. The van der Waals surface area contributed by atoms with Crippen LogP contribution in [0, 0.1) is 0 Å². The van der Waals surface area contributed by atoms with Gasteiger partial charge in [0, 0.05) is 15.5 Å². The normalized spacial score (nSPS) is 10.9. The molecule has 4 rings (SSSR count). The average Bonchev–Trinajstić information content (AvgIpc) is 3.03. The highest BCUT2D eigenvalue weighted by atomic mass is 35.5. The van der Waals surface area contributed by atoms with Gasteiger partial charge in [0.2, 0.25) is 5.91 Å². The molecule has 0 saturated heterocycles. The Morgan fingerprint density at radius 3 is 2.70 bits per heavy atom. The molecule has 0 atom stereocenters. The molecular formula is C20H14ClN3O2S. The van der Waals surface area contributed by atoms with Gasteiger partial charge in [-0.25, -0.2) is 0 Å². The zero-order valence-corrected chi connectivity index (χ0v) is 15.6. The molecule has 2 aromatic carbocycles. The lowest BCUT2D eigenvalue weighted by atomic mass is 10.2. The van der Waals surface area contributed by atoms with Gasteiger partial charge >= 0.3 is 0 Å². The van der Waals surface area contributed by atoms with Gasteiger partial charge in [-0.15, -0.1) is 11.3 Å². The summed E-state index contributed by atoms with van der Waals surface area (Å²) in [6.45, 7) is -0.157. The summed E-state index contributed by atoms with van der Waals surface area (Å²) in [6, 6.07) is 17.0. The predicted octanol–water partition coefficient (Wildman–Crippen LogP) is 4.47. The van der Waals surface area contributed by atoms with Crippen molar-refractivity contribution in [2.75, 3.05) is 11.9 Å². The summed E-state index contributed by atoms with van der Waals surface area (Å²) in [6.07, 6.45) is 1.59. The number of carbonyl (C=O) groups excluding carboxylic acids is 2. The van der Waals surface area contributed by atoms with E-state index in [-0.39, 0.29) is 18.4 Å². The van der Waals surface area contributed by atoms with Crippen LogP contribution in [0.2, 0.25) is 5.02 Å². The number of hydrogen-bond acceptors (Lipinski definition) is 4. The minimum atomic E-state index is -0.368. The minimum Gasteiger partial charge on any atom is -0.342 e. The zero-order valence-electron chi connectivity index (χ0n) is 14.0. The fraction of sp³-hybridized carbons (Fsp3) is 0.0500. The molecular weight excluding hydrogens is 382 g/mol. The Morgan fingerprint density at radius 2 is 1.85 bits per heavy atom. The zero-order chi connectivity index (χ0) is 18.8. The monoisotopic (exact) mass is 395 g/mol. The molecule has 134 valence electrons. The van der Waals surface area contributed by atoms with Gasteiger partial charge in [0.1, 0.15) is 4.88 Å². The number of thiophene rings is 1. The number of hydrogen-bond donors (Lipinski definition) is 2. The van der Waals surface area contributed by atoms with Crippen molar-refractivity contribution in [3.05, 3.63) is 70.7 Å². The van der Waals surface area contributed by atoms with Crippen LogP contribution < -0.4 is 10.6 Å². The second kappa shape index (κ2) is 7.34. The van der Waals surface area contributed by atoms with Crippen molar-refractivity contribution in [1.82, 2.24) is 10.3 Å². The summed E-state index contributed by atoms with van der Waals surface area (Å²) < 4.78 is 0.930. The maximum absolute atomic E-state index is 12.4. The molecule has 2 amide bonds. The molecule has 27 heavy (non-hydrogen) atoms. The van der Waals surface area contributed by atoms with Gasteiger partial charge in [0.25, 0.3) is 5.91 Å². The van der Waals surface area contributed by atoms with E-state index in [2.05, 4.69) is 15.6 Å². The number of aromatic nitrogens is 1. The number of rotatable bonds is 4. The van der Waals surface area contributed by atoms with Gasteiger partial charge in [0.15, 0.2) is 0 Å². The largest absolute Gasteiger partial charge is 0.342 e. The third-order valence-corrected chi connectivity index (χ3v) is 5.70. The van der Waals surface area contributed by atoms with E-state index in [9.17, 15) is 9.59 Å². The maximum Gasteiger partial charge on any atom is 0.263 e. The van der Waals surface area contributed by atoms with Gasteiger partial charge in [0.05, 0.1) is 29.0 Å². The molecule has 0 aliphatic carbocycles.